The van der Waals surface area contributed by atoms with Crippen molar-refractivity contribution in [2.24, 2.45) is 0 Å². The van der Waals surface area contributed by atoms with E-state index in [0.29, 0.717) is 12.2 Å². The van der Waals surface area contributed by atoms with Gasteiger partial charge in [-0.3, -0.25) is 5.10 Å². The van der Waals surface area contributed by atoms with Crippen LogP contribution in [0.3, 0.4) is 0 Å². The number of nitrogens with zero attached hydrogens (tertiary/aromatic N) is 3. The third-order valence-electron chi connectivity index (χ3n) is 3.17. The van der Waals surface area contributed by atoms with Crippen molar-refractivity contribution >= 4 is 16.9 Å². The Morgan fingerprint density at radius 1 is 1.25 bits per heavy atom. The summed E-state index contributed by atoms with van der Waals surface area (Å²) in [6.07, 6.45) is 2.76. The van der Waals surface area contributed by atoms with Crippen LogP contribution < -0.4 is 5.32 Å². The summed E-state index contributed by atoms with van der Waals surface area (Å²) in [6, 6.07) is 7.83. The Morgan fingerprint density at radius 2 is 2.05 bits per heavy atom. The highest BCUT2D eigenvalue weighted by molar-refractivity contribution is 5.85. The molecule has 2 aromatic heterocycles. The quantitative estimate of drug-likeness (QED) is 0.674. The van der Waals surface area contributed by atoms with Crippen molar-refractivity contribution in [1.29, 1.82) is 0 Å². The third kappa shape index (κ3) is 2.46. The predicted molar refractivity (Wildman–Crippen MR) is 76.1 cm³/mol. The van der Waals surface area contributed by atoms with Crippen LogP contribution in [0.4, 0.5) is 5.82 Å². The molecule has 102 valence electrons. The fraction of sp³-hybridized carbons (Fsp3) is 0.214. The van der Waals surface area contributed by atoms with E-state index in [4.69, 9.17) is 0 Å². The smallest absolute Gasteiger partial charge is 0.160 e. The number of aliphatic hydroxyl groups is 1. The zero-order valence-electron chi connectivity index (χ0n) is 11.0. The zero-order chi connectivity index (χ0) is 13.9. The first-order valence-electron chi connectivity index (χ1n) is 6.39. The lowest BCUT2D eigenvalue weighted by molar-refractivity contribution is 0.199. The predicted octanol–water partition coefficient (Wildman–Crippen LogP) is 2.02. The van der Waals surface area contributed by atoms with Crippen molar-refractivity contribution in [3.05, 3.63) is 47.9 Å². The topological polar surface area (TPSA) is 86.7 Å². The molecule has 1 aromatic carbocycles. The van der Waals surface area contributed by atoms with Crippen molar-refractivity contribution in [2.45, 2.75) is 19.6 Å². The summed E-state index contributed by atoms with van der Waals surface area (Å²) in [5, 5.41) is 20.4. The minimum atomic E-state index is -0.440. The molecule has 6 heteroatoms. The van der Waals surface area contributed by atoms with Gasteiger partial charge in [0.15, 0.2) is 5.65 Å². The van der Waals surface area contributed by atoms with Crippen LogP contribution in [0, 0.1) is 0 Å². The molecule has 2 heterocycles. The molecule has 0 aliphatic heterocycles. The van der Waals surface area contributed by atoms with Gasteiger partial charge in [0.25, 0.3) is 0 Å². The lowest BCUT2D eigenvalue weighted by Gasteiger charge is -2.08. The van der Waals surface area contributed by atoms with Gasteiger partial charge >= 0.3 is 0 Å². The van der Waals surface area contributed by atoms with Crippen molar-refractivity contribution in [2.75, 3.05) is 5.32 Å². The Kier molecular flexibility index (Phi) is 3.30. The van der Waals surface area contributed by atoms with Crippen LogP contribution in [-0.4, -0.2) is 25.3 Å². The first kappa shape index (κ1) is 12.6. The molecule has 20 heavy (non-hydrogen) atoms. The van der Waals surface area contributed by atoms with Crippen LogP contribution >= 0.6 is 0 Å². The van der Waals surface area contributed by atoms with Crippen molar-refractivity contribution in [3.63, 3.8) is 0 Å². The number of hydrogen-bond donors (Lipinski definition) is 3. The van der Waals surface area contributed by atoms with E-state index in [1.807, 2.05) is 24.3 Å². The molecular weight excluding hydrogens is 254 g/mol. The highest BCUT2D eigenvalue weighted by Gasteiger charge is 2.05. The van der Waals surface area contributed by atoms with Crippen molar-refractivity contribution < 1.29 is 5.11 Å². The molecule has 1 atom stereocenters. The Bertz CT molecular complexity index is 705. The monoisotopic (exact) mass is 269 g/mol. The molecule has 0 fully saturated rings. The number of H-pyrrole nitrogens is 1. The molecular formula is C14H15N5O. The van der Waals surface area contributed by atoms with Gasteiger partial charge in [0.1, 0.15) is 12.1 Å². The van der Waals surface area contributed by atoms with E-state index in [1.165, 1.54) is 6.33 Å². The maximum atomic E-state index is 9.47. The number of benzene rings is 1. The Balaban J connectivity index is 1.74. The fourth-order valence-corrected chi connectivity index (χ4v) is 2.01. The van der Waals surface area contributed by atoms with Crippen LogP contribution in [0.25, 0.3) is 11.0 Å². The summed E-state index contributed by atoms with van der Waals surface area (Å²) in [5.74, 6) is 0.753. The fourth-order valence-electron chi connectivity index (χ4n) is 2.01. The normalized spacial score (nSPS) is 12.5. The van der Waals surface area contributed by atoms with Crippen LogP contribution in [-0.2, 0) is 6.54 Å². The van der Waals surface area contributed by atoms with Gasteiger partial charge in [0.2, 0.25) is 0 Å². The highest BCUT2D eigenvalue weighted by Crippen LogP contribution is 2.18. The van der Waals surface area contributed by atoms with Gasteiger partial charge in [-0.15, -0.1) is 0 Å². The average molecular weight is 269 g/mol. The van der Waals surface area contributed by atoms with E-state index in [2.05, 4.69) is 25.5 Å². The molecule has 6 nitrogen and oxygen atoms in total. The lowest BCUT2D eigenvalue weighted by atomic mass is 10.1. The molecule has 0 bridgehead atoms. The summed E-state index contributed by atoms with van der Waals surface area (Å²) in [4.78, 5) is 8.31. The van der Waals surface area contributed by atoms with E-state index >= 15 is 0 Å². The molecule has 0 aliphatic rings. The Labute approximate surface area is 115 Å². The second-order valence-corrected chi connectivity index (χ2v) is 4.63. The first-order chi connectivity index (χ1) is 9.74. The number of aromatic amines is 1. The molecule has 0 saturated carbocycles. The van der Waals surface area contributed by atoms with Gasteiger partial charge in [0, 0.05) is 6.54 Å². The number of hydrogen-bond acceptors (Lipinski definition) is 5. The van der Waals surface area contributed by atoms with Crippen LogP contribution in [0.2, 0.25) is 0 Å². The van der Waals surface area contributed by atoms with Gasteiger partial charge in [-0.2, -0.15) is 5.10 Å². The molecule has 0 radical (unpaired) electrons. The summed E-state index contributed by atoms with van der Waals surface area (Å²) in [7, 11) is 0. The van der Waals surface area contributed by atoms with Crippen molar-refractivity contribution in [1.82, 2.24) is 20.2 Å². The largest absolute Gasteiger partial charge is 0.389 e. The van der Waals surface area contributed by atoms with Crippen molar-refractivity contribution in [3.8, 4) is 0 Å². The molecule has 3 rings (SSSR count). The standard InChI is InChI=1S/C14H15N5O/c1-9(20)11-4-2-10(3-5-11)6-15-13-12-7-18-19-14(12)17-8-16-13/h2-5,7-9,20H,6H2,1H3,(H2,15,16,17,18,19)/t9-/m0/s1. The maximum Gasteiger partial charge on any atom is 0.160 e. The molecule has 0 spiro atoms. The van der Waals surface area contributed by atoms with Gasteiger partial charge in [-0.05, 0) is 18.1 Å². The minimum Gasteiger partial charge on any atom is -0.389 e. The summed E-state index contributed by atoms with van der Waals surface area (Å²) in [5.41, 5.74) is 2.74. The summed E-state index contributed by atoms with van der Waals surface area (Å²) < 4.78 is 0. The van der Waals surface area contributed by atoms with E-state index < -0.39 is 6.10 Å². The van der Waals surface area contributed by atoms with Crippen LogP contribution in [0.5, 0.6) is 0 Å². The Hall–Kier alpha value is -2.47. The van der Waals surface area contributed by atoms with E-state index in [1.54, 1.807) is 13.1 Å². The summed E-state index contributed by atoms with van der Waals surface area (Å²) in [6.45, 7) is 2.40. The number of aromatic nitrogens is 4. The first-order valence-corrected chi connectivity index (χ1v) is 6.39. The van der Waals surface area contributed by atoms with E-state index in [-0.39, 0.29) is 0 Å². The minimum absolute atomic E-state index is 0.440. The van der Waals surface area contributed by atoms with Crippen LogP contribution in [0.1, 0.15) is 24.2 Å². The molecule has 0 amide bonds. The second-order valence-electron chi connectivity index (χ2n) is 4.63. The van der Waals surface area contributed by atoms with Gasteiger partial charge in [0.05, 0.1) is 17.7 Å². The Morgan fingerprint density at radius 3 is 2.80 bits per heavy atom. The van der Waals surface area contributed by atoms with Gasteiger partial charge < -0.3 is 10.4 Å². The maximum absolute atomic E-state index is 9.47. The number of fused-ring (bicyclic) bond motifs is 1. The molecule has 0 aliphatic carbocycles. The lowest BCUT2D eigenvalue weighted by Crippen LogP contribution is -2.02. The average Bonchev–Trinajstić information content (AvgIpc) is 2.94. The molecule has 0 unspecified atom stereocenters. The SMILES string of the molecule is C[C@H](O)c1ccc(CNc2ncnc3[nH]ncc23)cc1. The molecule has 3 N–H and O–H groups in total. The van der Waals surface area contributed by atoms with E-state index in [0.717, 1.165) is 22.3 Å². The van der Waals surface area contributed by atoms with Gasteiger partial charge in [-0.25, -0.2) is 9.97 Å². The summed E-state index contributed by atoms with van der Waals surface area (Å²) >= 11 is 0. The molecule has 0 saturated heterocycles. The third-order valence-corrected chi connectivity index (χ3v) is 3.17. The number of rotatable bonds is 4. The number of anilines is 1. The zero-order valence-corrected chi connectivity index (χ0v) is 11.0. The van der Waals surface area contributed by atoms with Gasteiger partial charge in [-0.1, -0.05) is 24.3 Å². The van der Waals surface area contributed by atoms with E-state index in [9.17, 15) is 5.11 Å². The van der Waals surface area contributed by atoms with Crippen LogP contribution in [0.15, 0.2) is 36.8 Å². The second kappa shape index (κ2) is 5.26. The number of nitrogens with one attached hydrogen (secondary N) is 2. The number of aliphatic hydroxyl groups excluding tert-OH is 1. The highest BCUT2D eigenvalue weighted by atomic mass is 16.3. The molecule has 3 aromatic rings.